The maximum absolute atomic E-state index is 13.4. The average molecular weight is 230 g/mol. The molecule has 0 spiro atoms. The van der Waals surface area contributed by atoms with Crippen molar-refractivity contribution in [1.82, 2.24) is 0 Å². The summed E-state index contributed by atoms with van der Waals surface area (Å²) in [4.78, 5) is 0. The fourth-order valence-electron chi connectivity index (χ4n) is 1.68. The summed E-state index contributed by atoms with van der Waals surface area (Å²) in [6.07, 6.45) is 1.79. The third-order valence-electron chi connectivity index (χ3n) is 2.53. The molecular formula is C11H13ClFNO. The van der Waals surface area contributed by atoms with E-state index in [0.717, 1.165) is 26.1 Å². The lowest BCUT2D eigenvalue weighted by atomic mass is 10.1. The molecule has 82 valence electrons. The fraction of sp³-hybridized carbons (Fsp3) is 0.455. The van der Waals surface area contributed by atoms with Crippen LogP contribution in [0.25, 0.3) is 0 Å². The molecule has 1 aromatic carbocycles. The minimum atomic E-state index is -0.297. The topological polar surface area (TPSA) is 21.3 Å². The van der Waals surface area contributed by atoms with Crippen LogP contribution in [0, 0.1) is 5.82 Å². The Kier molecular flexibility index (Phi) is 3.44. The highest BCUT2D eigenvalue weighted by Gasteiger charge is 2.16. The summed E-state index contributed by atoms with van der Waals surface area (Å²) in [5, 5.41) is 3.56. The van der Waals surface area contributed by atoms with Crippen LogP contribution in [0.2, 0.25) is 5.02 Å². The van der Waals surface area contributed by atoms with Crippen molar-refractivity contribution >= 4 is 17.3 Å². The Morgan fingerprint density at radius 3 is 2.73 bits per heavy atom. The van der Waals surface area contributed by atoms with Crippen LogP contribution < -0.4 is 5.32 Å². The van der Waals surface area contributed by atoms with Gasteiger partial charge in [-0.2, -0.15) is 0 Å². The monoisotopic (exact) mass is 229 g/mol. The predicted octanol–water partition coefficient (Wildman–Crippen LogP) is 3.07. The van der Waals surface area contributed by atoms with Gasteiger partial charge in [-0.15, -0.1) is 0 Å². The van der Waals surface area contributed by atoms with Crippen LogP contribution in [0.4, 0.5) is 10.1 Å². The Morgan fingerprint density at radius 1 is 1.33 bits per heavy atom. The molecule has 1 aliphatic heterocycles. The standard InChI is InChI=1S/C11H13ClFNO/c12-9-2-1-3-10(13)11(9)14-8-4-6-15-7-5-8/h1-3,8,14H,4-7H2. The molecule has 1 saturated heterocycles. The molecule has 15 heavy (non-hydrogen) atoms. The number of nitrogens with one attached hydrogen (secondary N) is 1. The molecule has 2 rings (SSSR count). The van der Waals surface area contributed by atoms with Gasteiger partial charge < -0.3 is 10.1 Å². The molecule has 1 fully saturated rings. The first-order valence-electron chi connectivity index (χ1n) is 5.05. The lowest BCUT2D eigenvalue weighted by Gasteiger charge is -2.24. The highest BCUT2D eigenvalue weighted by molar-refractivity contribution is 6.33. The number of ether oxygens (including phenoxy) is 1. The summed E-state index contributed by atoms with van der Waals surface area (Å²) in [7, 11) is 0. The fourth-order valence-corrected chi connectivity index (χ4v) is 1.90. The molecule has 1 heterocycles. The van der Waals surface area contributed by atoms with Crippen molar-refractivity contribution in [3.8, 4) is 0 Å². The molecule has 2 nitrogen and oxygen atoms in total. The summed E-state index contributed by atoms with van der Waals surface area (Å²) >= 11 is 5.91. The zero-order valence-electron chi connectivity index (χ0n) is 8.30. The van der Waals surface area contributed by atoms with Gasteiger partial charge in [-0.25, -0.2) is 4.39 Å². The van der Waals surface area contributed by atoms with Gasteiger partial charge in [0.05, 0.1) is 10.7 Å². The summed E-state index contributed by atoms with van der Waals surface area (Å²) in [5.74, 6) is -0.297. The molecule has 0 atom stereocenters. The molecular weight excluding hydrogens is 217 g/mol. The quantitative estimate of drug-likeness (QED) is 0.842. The Morgan fingerprint density at radius 2 is 2.07 bits per heavy atom. The van der Waals surface area contributed by atoms with Crippen LogP contribution in [0.1, 0.15) is 12.8 Å². The molecule has 0 bridgehead atoms. The molecule has 0 amide bonds. The van der Waals surface area contributed by atoms with E-state index in [1.165, 1.54) is 6.07 Å². The van der Waals surface area contributed by atoms with Crippen molar-refractivity contribution < 1.29 is 9.13 Å². The molecule has 0 unspecified atom stereocenters. The smallest absolute Gasteiger partial charge is 0.147 e. The van der Waals surface area contributed by atoms with E-state index in [1.807, 2.05) is 0 Å². The van der Waals surface area contributed by atoms with E-state index in [9.17, 15) is 4.39 Å². The van der Waals surface area contributed by atoms with Gasteiger partial charge in [-0.3, -0.25) is 0 Å². The molecule has 1 aliphatic rings. The highest BCUT2D eigenvalue weighted by Crippen LogP contribution is 2.26. The number of anilines is 1. The predicted molar refractivity (Wildman–Crippen MR) is 58.9 cm³/mol. The van der Waals surface area contributed by atoms with Crippen LogP contribution >= 0.6 is 11.6 Å². The average Bonchev–Trinajstić information content (AvgIpc) is 2.25. The molecule has 0 radical (unpaired) electrons. The maximum Gasteiger partial charge on any atom is 0.147 e. The third kappa shape index (κ3) is 2.61. The van der Waals surface area contributed by atoms with Crippen molar-refractivity contribution in [2.45, 2.75) is 18.9 Å². The van der Waals surface area contributed by atoms with Gasteiger partial charge in [-0.1, -0.05) is 17.7 Å². The van der Waals surface area contributed by atoms with E-state index < -0.39 is 0 Å². The first-order valence-corrected chi connectivity index (χ1v) is 5.43. The molecule has 1 N–H and O–H groups in total. The number of para-hydroxylation sites is 1. The number of halogens is 2. The van der Waals surface area contributed by atoms with E-state index >= 15 is 0 Å². The van der Waals surface area contributed by atoms with Crippen molar-refractivity contribution in [3.05, 3.63) is 29.0 Å². The van der Waals surface area contributed by atoms with Gasteiger partial charge >= 0.3 is 0 Å². The Labute approximate surface area is 93.4 Å². The minimum absolute atomic E-state index is 0.258. The maximum atomic E-state index is 13.4. The third-order valence-corrected chi connectivity index (χ3v) is 2.85. The Hall–Kier alpha value is -0.800. The zero-order chi connectivity index (χ0) is 10.7. The van der Waals surface area contributed by atoms with Crippen molar-refractivity contribution in [1.29, 1.82) is 0 Å². The number of benzene rings is 1. The van der Waals surface area contributed by atoms with Crippen LogP contribution in [0.5, 0.6) is 0 Å². The number of hydrogen-bond donors (Lipinski definition) is 1. The van der Waals surface area contributed by atoms with Crippen LogP contribution in [-0.4, -0.2) is 19.3 Å². The van der Waals surface area contributed by atoms with Gasteiger partial charge in [0.1, 0.15) is 5.82 Å². The summed E-state index contributed by atoms with van der Waals surface area (Å²) in [6, 6.07) is 4.96. The molecule has 4 heteroatoms. The van der Waals surface area contributed by atoms with Crippen molar-refractivity contribution in [2.24, 2.45) is 0 Å². The van der Waals surface area contributed by atoms with E-state index in [0.29, 0.717) is 10.7 Å². The first-order chi connectivity index (χ1) is 7.27. The minimum Gasteiger partial charge on any atom is -0.381 e. The normalized spacial score (nSPS) is 17.7. The Bertz CT molecular complexity index is 319. The summed E-state index contributed by atoms with van der Waals surface area (Å²) in [5.41, 5.74) is 0.408. The lowest BCUT2D eigenvalue weighted by Crippen LogP contribution is -2.28. The second-order valence-electron chi connectivity index (χ2n) is 3.63. The van der Waals surface area contributed by atoms with E-state index in [1.54, 1.807) is 12.1 Å². The van der Waals surface area contributed by atoms with Crippen LogP contribution in [0.15, 0.2) is 18.2 Å². The van der Waals surface area contributed by atoms with Crippen LogP contribution in [-0.2, 0) is 4.74 Å². The van der Waals surface area contributed by atoms with Gasteiger partial charge in [0.2, 0.25) is 0 Å². The highest BCUT2D eigenvalue weighted by atomic mass is 35.5. The first kappa shape index (κ1) is 10.7. The van der Waals surface area contributed by atoms with Crippen LogP contribution in [0.3, 0.4) is 0 Å². The second kappa shape index (κ2) is 4.81. The Balaban J connectivity index is 2.09. The zero-order valence-corrected chi connectivity index (χ0v) is 9.06. The summed E-state index contributed by atoms with van der Waals surface area (Å²) in [6.45, 7) is 1.45. The van der Waals surface area contributed by atoms with E-state index in [-0.39, 0.29) is 11.9 Å². The molecule has 0 aliphatic carbocycles. The number of hydrogen-bond acceptors (Lipinski definition) is 2. The van der Waals surface area contributed by atoms with E-state index in [4.69, 9.17) is 16.3 Å². The van der Waals surface area contributed by atoms with Crippen molar-refractivity contribution in [2.75, 3.05) is 18.5 Å². The van der Waals surface area contributed by atoms with Gasteiger partial charge in [0, 0.05) is 19.3 Å². The molecule has 1 aromatic rings. The second-order valence-corrected chi connectivity index (χ2v) is 4.03. The SMILES string of the molecule is Fc1cccc(Cl)c1NC1CCOCC1. The lowest BCUT2D eigenvalue weighted by molar-refractivity contribution is 0.0904. The largest absolute Gasteiger partial charge is 0.381 e. The van der Waals surface area contributed by atoms with Gasteiger partial charge in [0.25, 0.3) is 0 Å². The van der Waals surface area contributed by atoms with E-state index in [2.05, 4.69) is 5.32 Å². The molecule has 0 aromatic heterocycles. The molecule has 0 saturated carbocycles. The summed E-state index contributed by atoms with van der Waals surface area (Å²) < 4.78 is 18.7. The van der Waals surface area contributed by atoms with Gasteiger partial charge in [0.15, 0.2) is 0 Å². The number of rotatable bonds is 2. The van der Waals surface area contributed by atoms with Crippen molar-refractivity contribution in [3.63, 3.8) is 0 Å². The van der Waals surface area contributed by atoms with Gasteiger partial charge in [-0.05, 0) is 25.0 Å².